The second-order valence-electron chi connectivity index (χ2n) is 3.71. The summed E-state index contributed by atoms with van der Waals surface area (Å²) in [6.45, 7) is 0.0696. The molecule has 0 saturated heterocycles. The molecule has 4 nitrogen and oxygen atoms in total. The monoisotopic (exact) mass is 255 g/mol. The molecule has 0 bridgehead atoms. The molecule has 0 saturated carbocycles. The van der Waals surface area contributed by atoms with Crippen molar-refractivity contribution in [2.24, 2.45) is 0 Å². The summed E-state index contributed by atoms with van der Waals surface area (Å²) in [6, 6.07) is 1.83. The Bertz CT molecular complexity index is 607. The zero-order valence-corrected chi connectivity index (χ0v) is 9.84. The minimum Gasteiger partial charge on any atom is -0.465 e. The smallest absolute Gasteiger partial charge is 0.340 e. The van der Waals surface area contributed by atoms with Crippen molar-refractivity contribution in [3.63, 3.8) is 0 Å². The van der Waals surface area contributed by atoms with Crippen molar-refractivity contribution < 1.29 is 23.0 Å². The van der Waals surface area contributed by atoms with Gasteiger partial charge in [0.2, 0.25) is 0 Å². The van der Waals surface area contributed by atoms with Crippen molar-refractivity contribution >= 4 is 16.9 Å². The predicted molar refractivity (Wildman–Crippen MR) is 60.3 cm³/mol. The quantitative estimate of drug-likeness (QED) is 0.857. The number of aromatic nitrogens is 1. The number of aromatic amines is 1. The standard InChI is InChI=1S/C12H11F2NO3/c1-17-5-9-10(12(16)18-2)7-3-6(13)4-8(14)11(7)15-9/h3-4,15H,5H2,1-2H3. The molecule has 18 heavy (non-hydrogen) atoms. The Hall–Kier alpha value is -1.95. The molecule has 0 unspecified atom stereocenters. The third kappa shape index (κ3) is 1.95. The van der Waals surface area contributed by atoms with E-state index in [1.807, 2.05) is 0 Å². The van der Waals surface area contributed by atoms with Crippen LogP contribution in [0.5, 0.6) is 0 Å². The molecule has 0 fully saturated rings. The molecule has 1 aromatic carbocycles. The van der Waals surface area contributed by atoms with Gasteiger partial charge in [-0.05, 0) is 6.07 Å². The fraction of sp³-hybridized carbons (Fsp3) is 0.250. The van der Waals surface area contributed by atoms with Gasteiger partial charge in [0.15, 0.2) is 0 Å². The van der Waals surface area contributed by atoms with Crippen LogP contribution in [0, 0.1) is 11.6 Å². The largest absolute Gasteiger partial charge is 0.465 e. The lowest BCUT2D eigenvalue weighted by Gasteiger charge is -2.01. The molecule has 0 aliphatic rings. The molecule has 96 valence electrons. The van der Waals surface area contributed by atoms with Gasteiger partial charge in [0.25, 0.3) is 0 Å². The highest BCUT2D eigenvalue weighted by Gasteiger charge is 2.21. The number of ether oxygens (including phenoxy) is 2. The number of H-pyrrole nitrogens is 1. The fourth-order valence-corrected chi connectivity index (χ4v) is 1.86. The Morgan fingerprint density at radius 3 is 2.67 bits per heavy atom. The van der Waals surface area contributed by atoms with Gasteiger partial charge in [0, 0.05) is 18.6 Å². The topological polar surface area (TPSA) is 51.3 Å². The third-order valence-corrected chi connectivity index (χ3v) is 2.58. The lowest BCUT2D eigenvalue weighted by atomic mass is 10.1. The van der Waals surface area contributed by atoms with Crippen LogP contribution in [0.1, 0.15) is 16.1 Å². The summed E-state index contributed by atoms with van der Waals surface area (Å²) >= 11 is 0. The lowest BCUT2D eigenvalue weighted by molar-refractivity contribution is 0.0598. The third-order valence-electron chi connectivity index (χ3n) is 2.58. The van der Waals surface area contributed by atoms with Crippen LogP contribution in [-0.2, 0) is 16.1 Å². The van der Waals surface area contributed by atoms with Gasteiger partial charge in [-0.1, -0.05) is 0 Å². The van der Waals surface area contributed by atoms with E-state index in [0.717, 1.165) is 12.1 Å². The number of halogens is 2. The number of benzene rings is 1. The van der Waals surface area contributed by atoms with Crippen LogP contribution in [0.3, 0.4) is 0 Å². The number of hydrogen-bond donors (Lipinski definition) is 1. The van der Waals surface area contributed by atoms with Gasteiger partial charge in [-0.25, -0.2) is 13.6 Å². The van der Waals surface area contributed by atoms with Crippen molar-refractivity contribution in [3.05, 3.63) is 35.0 Å². The highest BCUT2D eigenvalue weighted by Crippen LogP contribution is 2.27. The summed E-state index contributed by atoms with van der Waals surface area (Å²) in [4.78, 5) is 14.4. The molecule has 0 aliphatic heterocycles. The van der Waals surface area contributed by atoms with E-state index in [1.54, 1.807) is 0 Å². The summed E-state index contributed by atoms with van der Waals surface area (Å²) in [6.07, 6.45) is 0. The molecule has 1 aromatic heterocycles. The van der Waals surface area contributed by atoms with Gasteiger partial charge in [0.05, 0.1) is 30.5 Å². The van der Waals surface area contributed by atoms with Gasteiger partial charge >= 0.3 is 5.97 Å². The number of carbonyl (C=O) groups is 1. The van der Waals surface area contributed by atoms with E-state index >= 15 is 0 Å². The first-order valence-electron chi connectivity index (χ1n) is 5.15. The number of rotatable bonds is 3. The Kier molecular flexibility index (Phi) is 3.29. The summed E-state index contributed by atoms with van der Waals surface area (Å²) in [5.41, 5.74) is 0.500. The van der Waals surface area contributed by atoms with Crippen molar-refractivity contribution in [2.75, 3.05) is 14.2 Å². The normalized spacial score (nSPS) is 10.9. The molecule has 6 heteroatoms. The van der Waals surface area contributed by atoms with Crippen LogP contribution >= 0.6 is 0 Å². The number of carbonyl (C=O) groups excluding carboxylic acids is 1. The summed E-state index contributed by atoms with van der Waals surface area (Å²) < 4.78 is 36.3. The first kappa shape index (κ1) is 12.5. The van der Waals surface area contributed by atoms with Crippen molar-refractivity contribution in [2.45, 2.75) is 6.61 Å². The molecule has 1 heterocycles. The van der Waals surface area contributed by atoms with E-state index in [1.165, 1.54) is 14.2 Å². The summed E-state index contributed by atoms with van der Waals surface area (Å²) in [5, 5.41) is 0.145. The second kappa shape index (κ2) is 4.73. The average Bonchev–Trinajstić information content (AvgIpc) is 2.67. The van der Waals surface area contributed by atoms with E-state index in [0.29, 0.717) is 5.69 Å². The van der Waals surface area contributed by atoms with Crippen molar-refractivity contribution in [3.8, 4) is 0 Å². The highest BCUT2D eigenvalue weighted by molar-refractivity contribution is 6.05. The maximum Gasteiger partial charge on any atom is 0.340 e. The van der Waals surface area contributed by atoms with Crippen molar-refractivity contribution in [1.82, 2.24) is 4.98 Å². The van der Waals surface area contributed by atoms with E-state index in [4.69, 9.17) is 4.74 Å². The van der Waals surface area contributed by atoms with E-state index in [9.17, 15) is 13.6 Å². The van der Waals surface area contributed by atoms with Gasteiger partial charge < -0.3 is 14.5 Å². The fourth-order valence-electron chi connectivity index (χ4n) is 1.86. The second-order valence-corrected chi connectivity index (χ2v) is 3.71. The number of hydrogen-bond acceptors (Lipinski definition) is 3. The SMILES string of the molecule is COCc1[nH]c2c(F)cc(F)cc2c1C(=O)OC. The predicted octanol–water partition coefficient (Wildman–Crippen LogP) is 2.38. The number of methoxy groups -OCH3 is 2. The van der Waals surface area contributed by atoms with Crippen LogP contribution < -0.4 is 0 Å². The van der Waals surface area contributed by atoms with E-state index in [2.05, 4.69) is 9.72 Å². The van der Waals surface area contributed by atoms with Gasteiger partial charge in [0.1, 0.15) is 11.6 Å². The van der Waals surface area contributed by atoms with Crippen LogP contribution in [0.2, 0.25) is 0 Å². The minimum absolute atomic E-state index is 0.0591. The summed E-state index contributed by atoms with van der Waals surface area (Å²) in [5.74, 6) is -2.19. The molecule has 1 N–H and O–H groups in total. The maximum absolute atomic E-state index is 13.6. The molecule has 2 rings (SSSR count). The Morgan fingerprint density at radius 1 is 1.33 bits per heavy atom. The van der Waals surface area contributed by atoms with Crippen LogP contribution in [0.15, 0.2) is 12.1 Å². The van der Waals surface area contributed by atoms with Crippen LogP contribution in [0.25, 0.3) is 10.9 Å². The number of fused-ring (bicyclic) bond motifs is 1. The van der Waals surface area contributed by atoms with Crippen molar-refractivity contribution in [1.29, 1.82) is 0 Å². The molecule has 2 aromatic rings. The first-order valence-corrected chi connectivity index (χ1v) is 5.15. The molecule has 0 radical (unpaired) electrons. The zero-order chi connectivity index (χ0) is 13.3. The van der Waals surface area contributed by atoms with E-state index in [-0.39, 0.29) is 23.1 Å². The summed E-state index contributed by atoms with van der Waals surface area (Å²) in [7, 11) is 2.64. The molecule has 0 aliphatic carbocycles. The molecule has 0 amide bonds. The number of esters is 1. The first-order chi connectivity index (χ1) is 8.58. The Balaban J connectivity index is 2.76. The number of nitrogens with one attached hydrogen (secondary N) is 1. The van der Waals surface area contributed by atoms with Gasteiger partial charge in [-0.3, -0.25) is 0 Å². The van der Waals surface area contributed by atoms with Crippen LogP contribution in [-0.4, -0.2) is 25.2 Å². The molecule has 0 spiro atoms. The molecule has 0 atom stereocenters. The zero-order valence-electron chi connectivity index (χ0n) is 9.84. The molecular weight excluding hydrogens is 244 g/mol. The Morgan fingerprint density at radius 2 is 2.06 bits per heavy atom. The molecular formula is C12H11F2NO3. The average molecular weight is 255 g/mol. The lowest BCUT2D eigenvalue weighted by Crippen LogP contribution is -2.05. The maximum atomic E-state index is 13.6. The van der Waals surface area contributed by atoms with Gasteiger partial charge in [-0.15, -0.1) is 0 Å². The minimum atomic E-state index is -0.766. The van der Waals surface area contributed by atoms with Crippen LogP contribution in [0.4, 0.5) is 8.78 Å². The van der Waals surface area contributed by atoms with E-state index < -0.39 is 17.6 Å². The highest BCUT2D eigenvalue weighted by atomic mass is 19.1. The Labute approximate surface area is 102 Å². The van der Waals surface area contributed by atoms with Gasteiger partial charge in [-0.2, -0.15) is 0 Å².